The number of aromatic nitrogens is 1. The highest BCUT2D eigenvalue weighted by Gasteiger charge is 2.19. The monoisotopic (exact) mass is 348 g/mol. The Morgan fingerprint density at radius 3 is 2.62 bits per heavy atom. The van der Waals surface area contributed by atoms with Gasteiger partial charge in [0.05, 0.1) is 30.1 Å². The van der Waals surface area contributed by atoms with Gasteiger partial charge in [0.2, 0.25) is 0 Å². The number of carbonyl (C=O) groups excluding carboxylic acids is 1. The molecule has 0 saturated heterocycles. The van der Waals surface area contributed by atoms with Crippen LogP contribution in [0.1, 0.15) is 32.7 Å². The highest BCUT2D eigenvalue weighted by atomic mass is 16.6. The molecule has 1 heterocycles. The van der Waals surface area contributed by atoms with E-state index >= 15 is 0 Å². The number of oxime groups is 1. The molecular formula is C21H20N2O3. The number of fused-ring (bicyclic) bond motifs is 1. The average molecular weight is 348 g/mol. The van der Waals surface area contributed by atoms with E-state index in [1.54, 1.807) is 6.21 Å². The summed E-state index contributed by atoms with van der Waals surface area (Å²) in [6, 6.07) is 15.5. The van der Waals surface area contributed by atoms with Crippen molar-refractivity contribution < 1.29 is 14.4 Å². The predicted octanol–water partition coefficient (Wildman–Crippen LogP) is 4.19. The van der Waals surface area contributed by atoms with E-state index < -0.39 is 5.97 Å². The fourth-order valence-electron chi connectivity index (χ4n) is 2.84. The number of para-hydroxylation sites is 1. The van der Waals surface area contributed by atoms with Gasteiger partial charge in [0, 0.05) is 5.39 Å². The Kier molecular flexibility index (Phi) is 5.27. The second-order valence-corrected chi connectivity index (χ2v) is 5.93. The van der Waals surface area contributed by atoms with Crippen LogP contribution in [0.4, 0.5) is 0 Å². The van der Waals surface area contributed by atoms with Gasteiger partial charge < -0.3 is 9.57 Å². The Morgan fingerprint density at radius 1 is 1.12 bits per heavy atom. The van der Waals surface area contributed by atoms with E-state index in [0.29, 0.717) is 11.3 Å². The van der Waals surface area contributed by atoms with E-state index in [-0.39, 0.29) is 6.61 Å². The normalized spacial score (nSPS) is 11.0. The maximum atomic E-state index is 12.2. The molecule has 0 saturated carbocycles. The maximum absolute atomic E-state index is 12.2. The summed E-state index contributed by atoms with van der Waals surface area (Å²) >= 11 is 0. The van der Waals surface area contributed by atoms with Gasteiger partial charge in [-0.3, -0.25) is 0 Å². The van der Waals surface area contributed by atoms with E-state index in [1.165, 1.54) is 7.11 Å². The van der Waals surface area contributed by atoms with E-state index in [0.717, 1.165) is 27.6 Å². The molecule has 0 fully saturated rings. The number of pyridine rings is 1. The minimum Gasteiger partial charge on any atom is -0.465 e. The Bertz CT molecular complexity index is 980. The first-order chi connectivity index (χ1) is 12.6. The minimum atomic E-state index is -0.428. The van der Waals surface area contributed by atoms with Crippen LogP contribution in [0.15, 0.2) is 53.7 Å². The van der Waals surface area contributed by atoms with Gasteiger partial charge >= 0.3 is 5.97 Å². The number of benzene rings is 2. The van der Waals surface area contributed by atoms with Crippen molar-refractivity contribution in [3.8, 4) is 0 Å². The lowest BCUT2D eigenvalue weighted by Crippen LogP contribution is -2.11. The number of esters is 1. The molecule has 5 heteroatoms. The van der Waals surface area contributed by atoms with Crippen LogP contribution in [0.25, 0.3) is 10.9 Å². The quantitative estimate of drug-likeness (QED) is 0.394. The van der Waals surface area contributed by atoms with Crippen LogP contribution in [0.5, 0.6) is 0 Å². The van der Waals surface area contributed by atoms with Gasteiger partial charge in [-0.2, -0.15) is 0 Å². The third-order valence-corrected chi connectivity index (χ3v) is 4.27. The van der Waals surface area contributed by atoms with Crippen LogP contribution in [0.3, 0.4) is 0 Å². The maximum Gasteiger partial charge on any atom is 0.340 e. The molecule has 0 aliphatic carbocycles. The number of carbonyl (C=O) groups is 1. The molecule has 26 heavy (non-hydrogen) atoms. The fourth-order valence-corrected chi connectivity index (χ4v) is 2.84. The zero-order valence-corrected chi connectivity index (χ0v) is 15.0. The molecule has 0 aliphatic rings. The van der Waals surface area contributed by atoms with Crippen molar-refractivity contribution in [2.75, 3.05) is 7.11 Å². The van der Waals surface area contributed by atoms with Gasteiger partial charge in [0.15, 0.2) is 6.61 Å². The third-order valence-electron chi connectivity index (χ3n) is 4.27. The second kappa shape index (κ2) is 7.78. The standard InChI is InChI=1S/C21H20N2O3/c1-14-8-4-5-9-16(14)12-22-26-13-19-20(21(24)25-3)15(2)17-10-6-7-11-18(17)23-19/h4-12H,13H2,1-3H3/b22-12-. The van der Waals surface area contributed by atoms with Crippen molar-refractivity contribution in [1.82, 2.24) is 4.98 Å². The number of hydrogen-bond donors (Lipinski definition) is 0. The van der Waals surface area contributed by atoms with Crippen molar-refractivity contribution in [1.29, 1.82) is 0 Å². The summed E-state index contributed by atoms with van der Waals surface area (Å²) < 4.78 is 4.93. The Balaban J connectivity index is 1.89. The minimum absolute atomic E-state index is 0.0818. The molecule has 5 nitrogen and oxygen atoms in total. The highest BCUT2D eigenvalue weighted by molar-refractivity contribution is 5.98. The van der Waals surface area contributed by atoms with Crippen LogP contribution in [-0.2, 0) is 16.2 Å². The summed E-state index contributed by atoms with van der Waals surface area (Å²) in [7, 11) is 1.36. The molecule has 0 atom stereocenters. The molecule has 2 aromatic carbocycles. The lowest BCUT2D eigenvalue weighted by molar-refractivity contribution is 0.0591. The summed E-state index contributed by atoms with van der Waals surface area (Å²) in [5.74, 6) is -0.428. The summed E-state index contributed by atoms with van der Waals surface area (Å²) in [5, 5.41) is 4.93. The number of nitrogens with zero attached hydrogens (tertiary/aromatic N) is 2. The number of methoxy groups -OCH3 is 1. The molecule has 132 valence electrons. The van der Waals surface area contributed by atoms with Crippen LogP contribution in [0, 0.1) is 13.8 Å². The number of rotatable bonds is 5. The summed E-state index contributed by atoms with van der Waals surface area (Å²) in [5.41, 5.74) is 4.65. The Hall–Kier alpha value is -3.21. The van der Waals surface area contributed by atoms with Crippen LogP contribution >= 0.6 is 0 Å². The van der Waals surface area contributed by atoms with Crippen LogP contribution < -0.4 is 0 Å². The molecule has 0 bridgehead atoms. The molecule has 0 unspecified atom stereocenters. The first-order valence-corrected chi connectivity index (χ1v) is 8.29. The Labute approximate surface area is 152 Å². The average Bonchev–Trinajstić information content (AvgIpc) is 2.66. The van der Waals surface area contributed by atoms with E-state index in [9.17, 15) is 4.79 Å². The zero-order chi connectivity index (χ0) is 18.5. The van der Waals surface area contributed by atoms with Crippen molar-refractivity contribution in [2.24, 2.45) is 5.16 Å². The van der Waals surface area contributed by atoms with Crippen molar-refractivity contribution in [2.45, 2.75) is 20.5 Å². The largest absolute Gasteiger partial charge is 0.465 e. The zero-order valence-electron chi connectivity index (χ0n) is 15.0. The number of aryl methyl sites for hydroxylation is 2. The molecule has 0 N–H and O–H groups in total. The fraction of sp³-hybridized carbons (Fsp3) is 0.190. The van der Waals surface area contributed by atoms with E-state index in [1.807, 2.05) is 62.4 Å². The van der Waals surface area contributed by atoms with Crippen LogP contribution in [-0.4, -0.2) is 24.3 Å². The highest BCUT2D eigenvalue weighted by Crippen LogP contribution is 2.24. The number of hydrogen-bond acceptors (Lipinski definition) is 5. The molecular weight excluding hydrogens is 328 g/mol. The molecule has 1 aromatic heterocycles. The first-order valence-electron chi connectivity index (χ1n) is 8.29. The molecule has 0 radical (unpaired) electrons. The molecule has 3 aromatic rings. The first kappa shape index (κ1) is 17.6. The van der Waals surface area contributed by atoms with Gasteiger partial charge in [-0.1, -0.05) is 47.6 Å². The van der Waals surface area contributed by atoms with Gasteiger partial charge in [-0.05, 0) is 36.6 Å². The number of ether oxygens (including phenoxy) is 1. The van der Waals surface area contributed by atoms with E-state index in [4.69, 9.17) is 9.57 Å². The molecule has 3 rings (SSSR count). The van der Waals surface area contributed by atoms with Gasteiger partial charge in [-0.15, -0.1) is 0 Å². The van der Waals surface area contributed by atoms with Crippen LogP contribution in [0.2, 0.25) is 0 Å². The van der Waals surface area contributed by atoms with Crippen molar-refractivity contribution >= 4 is 23.1 Å². The van der Waals surface area contributed by atoms with Crippen molar-refractivity contribution in [3.63, 3.8) is 0 Å². The van der Waals surface area contributed by atoms with E-state index in [2.05, 4.69) is 10.1 Å². The topological polar surface area (TPSA) is 60.8 Å². The summed E-state index contributed by atoms with van der Waals surface area (Å²) in [4.78, 5) is 22.2. The third kappa shape index (κ3) is 3.57. The Morgan fingerprint density at radius 2 is 1.85 bits per heavy atom. The second-order valence-electron chi connectivity index (χ2n) is 5.93. The summed E-state index contributed by atoms with van der Waals surface area (Å²) in [6.07, 6.45) is 1.65. The smallest absolute Gasteiger partial charge is 0.340 e. The van der Waals surface area contributed by atoms with Gasteiger partial charge in [0.25, 0.3) is 0 Å². The predicted molar refractivity (Wildman–Crippen MR) is 101 cm³/mol. The van der Waals surface area contributed by atoms with Gasteiger partial charge in [-0.25, -0.2) is 9.78 Å². The summed E-state index contributed by atoms with van der Waals surface area (Å²) in [6.45, 7) is 3.97. The lowest BCUT2D eigenvalue weighted by atomic mass is 10.0. The van der Waals surface area contributed by atoms with Gasteiger partial charge in [0.1, 0.15) is 0 Å². The lowest BCUT2D eigenvalue weighted by Gasteiger charge is -2.12. The molecule has 0 aliphatic heterocycles. The van der Waals surface area contributed by atoms with Crippen molar-refractivity contribution in [3.05, 3.63) is 76.5 Å². The SMILES string of the molecule is COC(=O)c1c(CO/N=C\c2ccccc2C)nc2ccccc2c1C. The molecule has 0 amide bonds. The molecule has 0 spiro atoms.